The molecule has 1 aliphatic rings. The maximum absolute atomic E-state index is 12.1. The summed E-state index contributed by atoms with van der Waals surface area (Å²) in [6.07, 6.45) is 3.31. The second kappa shape index (κ2) is 10.7. The van der Waals surface area contributed by atoms with Crippen LogP contribution >= 0.6 is 11.3 Å². The molecule has 1 aromatic heterocycles. The maximum Gasteiger partial charge on any atom is 0.220 e. The lowest BCUT2D eigenvalue weighted by molar-refractivity contribution is -0.121. The number of amides is 1. The van der Waals surface area contributed by atoms with Crippen LogP contribution < -0.4 is 10.2 Å². The first-order valence-electron chi connectivity index (χ1n) is 11.3. The summed E-state index contributed by atoms with van der Waals surface area (Å²) in [4.78, 5) is 21.8. The second-order valence-corrected chi connectivity index (χ2v) is 9.42. The average Bonchev–Trinajstić information content (AvgIpc) is 3.20. The van der Waals surface area contributed by atoms with Gasteiger partial charge in [0.1, 0.15) is 0 Å². The molecule has 6 heteroatoms. The molecule has 1 fully saturated rings. The second-order valence-electron chi connectivity index (χ2n) is 8.30. The van der Waals surface area contributed by atoms with Gasteiger partial charge < -0.3 is 10.2 Å². The molecule has 1 aliphatic heterocycles. The van der Waals surface area contributed by atoms with Gasteiger partial charge in [0, 0.05) is 44.8 Å². The summed E-state index contributed by atoms with van der Waals surface area (Å²) in [6.45, 7) is 8.28. The topological polar surface area (TPSA) is 48.5 Å². The van der Waals surface area contributed by atoms with Crippen LogP contribution in [0.15, 0.2) is 48.5 Å². The van der Waals surface area contributed by atoms with E-state index in [-0.39, 0.29) is 5.91 Å². The summed E-state index contributed by atoms with van der Waals surface area (Å²) in [5.41, 5.74) is 3.71. The van der Waals surface area contributed by atoms with E-state index in [1.165, 1.54) is 16.0 Å². The van der Waals surface area contributed by atoms with Crippen molar-refractivity contribution in [1.82, 2.24) is 15.2 Å². The van der Waals surface area contributed by atoms with E-state index >= 15 is 0 Å². The predicted molar refractivity (Wildman–Crippen MR) is 130 cm³/mol. The molecule has 0 atom stereocenters. The van der Waals surface area contributed by atoms with Crippen molar-refractivity contribution in [2.45, 2.75) is 32.6 Å². The summed E-state index contributed by atoms with van der Waals surface area (Å²) in [7, 11) is 0. The van der Waals surface area contributed by atoms with E-state index in [0.29, 0.717) is 6.42 Å². The summed E-state index contributed by atoms with van der Waals surface area (Å²) in [5.74, 6) is 0.158. The number of benzene rings is 2. The minimum absolute atomic E-state index is 0.158. The quantitative estimate of drug-likeness (QED) is 0.509. The molecule has 0 aliphatic carbocycles. The van der Waals surface area contributed by atoms with Crippen molar-refractivity contribution in [2.24, 2.45) is 0 Å². The van der Waals surface area contributed by atoms with E-state index in [0.717, 1.165) is 69.1 Å². The van der Waals surface area contributed by atoms with Gasteiger partial charge >= 0.3 is 0 Å². The fraction of sp³-hybridized carbons (Fsp3) is 0.440. The number of aryl methyl sites for hydroxylation is 2. The van der Waals surface area contributed by atoms with E-state index in [9.17, 15) is 4.79 Å². The van der Waals surface area contributed by atoms with Gasteiger partial charge in [0.15, 0.2) is 0 Å². The molecule has 5 nitrogen and oxygen atoms in total. The van der Waals surface area contributed by atoms with Crippen LogP contribution in [0.3, 0.4) is 0 Å². The van der Waals surface area contributed by atoms with E-state index < -0.39 is 0 Å². The van der Waals surface area contributed by atoms with Crippen molar-refractivity contribution in [1.29, 1.82) is 0 Å². The highest BCUT2D eigenvalue weighted by Gasteiger charge is 2.16. The summed E-state index contributed by atoms with van der Waals surface area (Å²) >= 11 is 1.73. The van der Waals surface area contributed by atoms with E-state index in [2.05, 4.69) is 57.4 Å². The molecule has 31 heavy (non-hydrogen) atoms. The number of nitrogens with one attached hydrogen (secondary N) is 1. The normalized spacial score (nSPS) is 14.8. The molecule has 4 rings (SSSR count). The molecule has 2 heterocycles. The Hall–Kier alpha value is -2.44. The Morgan fingerprint density at radius 2 is 1.90 bits per heavy atom. The molecule has 3 aromatic rings. The van der Waals surface area contributed by atoms with Gasteiger partial charge in [-0.1, -0.05) is 24.3 Å². The fourth-order valence-electron chi connectivity index (χ4n) is 4.10. The van der Waals surface area contributed by atoms with E-state index in [1.54, 1.807) is 11.3 Å². The Kier molecular flexibility index (Phi) is 7.54. The molecule has 0 radical (unpaired) electrons. The largest absolute Gasteiger partial charge is 0.369 e. The molecule has 0 unspecified atom stereocenters. The number of piperazine rings is 1. The van der Waals surface area contributed by atoms with Crippen molar-refractivity contribution < 1.29 is 4.79 Å². The van der Waals surface area contributed by atoms with Crippen LogP contribution in [-0.2, 0) is 11.2 Å². The monoisotopic (exact) mass is 436 g/mol. The molecular weight excluding hydrogens is 404 g/mol. The molecule has 2 aromatic carbocycles. The predicted octanol–water partition coefficient (Wildman–Crippen LogP) is 4.26. The number of carbonyl (C=O) groups is 1. The number of nitrogens with zero attached hydrogens (tertiary/aromatic N) is 3. The fourth-order valence-corrected chi connectivity index (χ4v) is 5.11. The zero-order chi connectivity index (χ0) is 21.5. The molecular formula is C25H32N4OS. The first-order chi connectivity index (χ1) is 15.2. The van der Waals surface area contributed by atoms with Crippen molar-refractivity contribution in [3.8, 4) is 0 Å². The molecule has 1 amide bonds. The Bertz CT molecular complexity index is 961. The number of aromatic nitrogens is 1. The minimum atomic E-state index is 0.158. The van der Waals surface area contributed by atoms with Gasteiger partial charge in [-0.25, -0.2) is 4.98 Å². The van der Waals surface area contributed by atoms with E-state index in [4.69, 9.17) is 0 Å². The highest BCUT2D eigenvalue weighted by molar-refractivity contribution is 7.18. The SMILES string of the molecule is Cc1cccc(N2CCN(CCCNC(=O)CCCc3nc4ccccc4s3)CC2)c1. The first kappa shape index (κ1) is 21.8. The van der Waals surface area contributed by atoms with Crippen molar-refractivity contribution in [3.05, 3.63) is 59.1 Å². The highest BCUT2D eigenvalue weighted by atomic mass is 32.1. The molecule has 0 bridgehead atoms. The molecule has 0 spiro atoms. The van der Waals surface area contributed by atoms with Gasteiger partial charge in [-0.3, -0.25) is 9.69 Å². The molecule has 1 saturated heterocycles. The third-order valence-electron chi connectivity index (χ3n) is 5.85. The minimum Gasteiger partial charge on any atom is -0.369 e. The maximum atomic E-state index is 12.1. The molecule has 1 N–H and O–H groups in total. The standard InChI is InChI=1S/C25H32N4OS/c1-20-7-4-8-21(19-20)29-17-15-28(16-18-29)14-6-13-26-24(30)11-5-12-25-27-22-9-2-3-10-23(22)31-25/h2-4,7-10,19H,5-6,11-18H2,1H3,(H,26,30). The lowest BCUT2D eigenvalue weighted by Gasteiger charge is -2.36. The number of anilines is 1. The van der Waals surface area contributed by atoms with Crippen LogP contribution in [-0.4, -0.2) is 55.1 Å². The van der Waals surface area contributed by atoms with Crippen molar-refractivity contribution in [2.75, 3.05) is 44.2 Å². The lowest BCUT2D eigenvalue weighted by atomic mass is 10.2. The van der Waals surface area contributed by atoms with Crippen molar-refractivity contribution >= 4 is 33.1 Å². The zero-order valence-corrected chi connectivity index (χ0v) is 19.2. The Labute approximate surface area is 189 Å². The number of fused-ring (bicyclic) bond motifs is 1. The summed E-state index contributed by atoms with van der Waals surface area (Å²) in [6, 6.07) is 17.0. The van der Waals surface area contributed by atoms with E-state index in [1.807, 2.05) is 18.2 Å². The Balaban J connectivity index is 1.07. The van der Waals surface area contributed by atoms with Crippen molar-refractivity contribution in [3.63, 3.8) is 0 Å². The summed E-state index contributed by atoms with van der Waals surface area (Å²) < 4.78 is 1.22. The van der Waals surface area contributed by atoms with Gasteiger partial charge in [-0.2, -0.15) is 0 Å². The van der Waals surface area contributed by atoms with Gasteiger partial charge in [0.25, 0.3) is 0 Å². The number of hydrogen-bond donors (Lipinski definition) is 1. The van der Waals surface area contributed by atoms with Crippen LogP contribution in [0.25, 0.3) is 10.2 Å². The zero-order valence-electron chi connectivity index (χ0n) is 18.3. The van der Waals surface area contributed by atoms with Crippen LogP contribution in [0.5, 0.6) is 0 Å². The van der Waals surface area contributed by atoms with Gasteiger partial charge in [-0.05, 0) is 62.6 Å². The smallest absolute Gasteiger partial charge is 0.220 e. The Morgan fingerprint density at radius 1 is 1.06 bits per heavy atom. The molecule has 0 saturated carbocycles. The number of carbonyl (C=O) groups excluding carboxylic acids is 1. The highest BCUT2D eigenvalue weighted by Crippen LogP contribution is 2.22. The molecule has 164 valence electrons. The first-order valence-corrected chi connectivity index (χ1v) is 12.1. The number of para-hydroxylation sites is 1. The third kappa shape index (κ3) is 6.28. The van der Waals surface area contributed by atoms with Crippen LogP contribution in [0, 0.1) is 6.92 Å². The van der Waals surface area contributed by atoms with Gasteiger partial charge in [-0.15, -0.1) is 11.3 Å². The Morgan fingerprint density at radius 3 is 2.71 bits per heavy atom. The van der Waals surface area contributed by atoms with Crippen LogP contribution in [0.4, 0.5) is 5.69 Å². The van der Waals surface area contributed by atoms with Crippen LogP contribution in [0.2, 0.25) is 0 Å². The summed E-state index contributed by atoms with van der Waals surface area (Å²) in [5, 5.41) is 4.21. The average molecular weight is 437 g/mol. The van der Waals surface area contributed by atoms with Crippen LogP contribution in [0.1, 0.15) is 29.8 Å². The van der Waals surface area contributed by atoms with Gasteiger partial charge in [0.2, 0.25) is 5.91 Å². The third-order valence-corrected chi connectivity index (χ3v) is 6.94. The number of rotatable bonds is 9. The lowest BCUT2D eigenvalue weighted by Crippen LogP contribution is -2.47. The van der Waals surface area contributed by atoms with Gasteiger partial charge in [0.05, 0.1) is 15.2 Å². The number of hydrogen-bond acceptors (Lipinski definition) is 5. The number of thiazole rings is 1.